The molecule has 0 aliphatic heterocycles. The number of allylic oxidation sites excluding steroid dienone is 2. The molecule has 1 N–H and O–H groups in total. The standard InChI is InChI=1S/C15H26O/c1-11(2)13-7-9-14(4)8-5-12(3)6-10-15(13,14)16/h5,11,13,16H,6-10H2,1-4H3/t13-,14-,15+/m0/s1. The number of aliphatic hydroxyl groups is 1. The second kappa shape index (κ2) is 3.87. The number of hydrogen-bond donors (Lipinski definition) is 1. The Morgan fingerprint density at radius 2 is 2.06 bits per heavy atom. The molecule has 0 amide bonds. The summed E-state index contributed by atoms with van der Waals surface area (Å²) in [7, 11) is 0. The van der Waals surface area contributed by atoms with Gasteiger partial charge in [-0.1, -0.05) is 32.4 Å². The second-order valence-electron chi connectivity index (χ2n) is 6.63. The van der Waals surface area contributed by atoms with E-state index in [-0.39, 0.29) is 5.41 Å². The SMILES string of the molecule is CC1=CC[C@@]2(C)CC[C@@H](C(C)C)[C@]2(O)CC1. The third-order valence-electron chi connectivity index (χ3n) is 5.27. The Morgan fingerprint density at radius 3 is 2.69 bits per heavy atom. The lowest BCUT2D eigenvalue weighted by molar-refractivity contribution is -0.0975. The molecule has 1 fully saturated rings. The fourth-order valence-electron chi connectivity index (χ4n) is 3.92. The van der Waals surface area contributed by atoms with Gasteiger partial charge in [-0.3, -0.25) is 0 Å². The Hall–Kier alpha value is -0.300. The third-order valence-corrected chi connectivity index (χ3v) is 5.27. The minimum atomic E-state index is -0.421. The zero-order chi connectivity index (χ0) is 12.0. The van der Waals surface area contributed by atoms with Crippen molar-refractivity contribution < 1.29 is 5.11 Å². The Morgan fingerprint density at radius 1 is 1.38 bits per heavy atom. The Balaban J connectivity index is 2.32. The van der Waals surface area contributed by atoms with Gasteiger partial charge < -0.3 is 5.11 Å². The highest BCUT2D eigenvalue weighted by Crippen LogP contribution is 2.57. The van der Waals surface area contributed by atoms with Gasteiger partial charge in [0.05, 0.1) is 5.60 Å². The molecule has 2 aliphatic rings. The first kappa shape index (κ1) is 12.2. The molecule has 92 valence electrons. The molecule has 1 heteroatoms. The molecule has 0 aromatic rings. The lowest BCUT2D eigenvalue weighted by Gasteiger charge is -2.43. The van der Waals surface area contributed by atoms with Crippen LogP contribution in [0.2, 0.25) is 0 Å². The normalized spacial score (nSPS) is 44.1. The average molecular weight is 222 g/mol. The van der Waals surface area contributed by atoms with Crippen molar-refractivity contribution in [2.45, 2.75) is 65.4 Å². The van der Waals surface area contributed by atoms with Crippen LogP contribution >= 0.6 is 0 Å². The van der Waals surface area contributed by atoms with Crippen molar-refractivity contribution >= 4 is 0 Å². The molecule has 0 saturated heterocycles. The minimum Gasteiger partial charge on any atom is -0.389 e. The molecule has 3 atom stereocenters. The molecule has 2 rings (SSSR count). The molecule has 1 nitrogen and oxygen atoms in total. The summed E-state index contributed by atoms with van der Waals surface area (Å²) >= 11 is 0. The molecule has 0 unspecified atom stereocenters. The molecule has 0 bridgehead atoms. The Kier molecular flexibility index (Phi) is 2.94. The van der Waals surface area contributed by atoms with Crippen molar-refractivity contribution in [2.75, 3.05) is 0 Å². The summed E-state index contributed by atoms with van der Waals surface area (Å²) < 4.78 is 0. The Bertz CT molecular complexity index is 305. The highest BCUT2D eigenvalue weighted by molar-refractivity contribution is 5.15. The van der Waals surface area contributed by atoms with Crippen LogP contribution in [0.25, 0.3) is 0 Å². The molecular weight excluding hydrogens is 196 g/mol. The molecule has 2 aliphatic carbocycles. The van der Waals surface area contributed by atoms with Gasteiger partial charge in [-0.25, -0.2) is 0 Å². The van der Waals surface area contributed by atoms with Gasteiger partial charge in [-0.2, -0.15) is 0 Å². The quantitative estimate of drug-likeness (QED) is 0.667. The first-order valence-electron chi connectivity index (χ1n) is 6.77. The third kappa shape index (κ3) is 1.64. The monoisotopic (exact) mass is 222 g/mol. The Labute approximate surface area is 99.9 Å². The van der Waals surface area contributed by atoms with Gasteiger partial charge in [-0.15, -0.1) is 0 Å². The zero-order valence-electron chi connectivity index (χ0n) is 11.2. The lowest BCUT2D eigenvalue weighted by atomic mass is 9.67. The number of rotatable bonds is 1. The summed E-state index contributed by atoms with van der Waals surface area (Å²) in [6.45, 7) is 9.03. The molecule has 0 aromatic heterocycles. The van der Waals surface area contributed by atoms with Crippen LogP contribution in [0.5, 0.6) is 0 Å². The van der Waals surface area contributed by atoms with Gasteiger partial charge in [-0.05, 0) is 50.9 Å². The summed E-state index contributed by atoms with van der Waals surface area (Å²) in [6, 6.07) is 0. The van der Waals surface area contributed by atoms with E-state index in [2.05, 4.69) is 33.8 Å². The number of fused-ring (bicyclic) bond motifs is 1. The van der Waals surface area contributed by atoms with E-state index < -0.39 is 5.60 Å². The molecule has 0 radical (unpaired) electrons. The molecule has 0 aromatic carbocycles. The highest BCUT2D eigenvalue weighted by Gasteiger charge is 2.56. The van der Waals surface area contributed by atoms with Gasteiger partial charge in [0.25, 0.3) is 0 Å². The molecule has 0 heterocycles. The van der Waals surface area contributed by atoms with E-state index in [1.807, 2.05) is 0 Å². The molecule has 0 spiro atoms. The van der Waals surface area contributed by atoms with Crippen LogP contribution in [-0.4, -0.2) is 10.7 Å². The fourth-order valence-corrected chi connectivity index (χ4v) is 3.92. The maximum absolute atomic E-state index is 11.2. The number of hydrogen-bond acceptors (Lipinski definition) is 1. The van der Waals surface area contributed by atoms with E-state index in [0.717, 1.165) is 19.3 Å². The van der Waals surface area contributed by atoms with E-state index in [9.17, 15) is 5.11 Å². The van der Waals surface area contributed by atoms with Crippen LogP contribution in [0.1, 0.15) is 59.8 Å². The zero-order valence-corrected chi connectivity index (χ0v) is 11.2. The van der Waals surface area contributed by atoms with Crippen molar-refractivity contribution in [1.82, 2.24) is 0 Å². The topological polar surface area (TPSA) is 20.2 Å². The molecular formula is C15H26O. The van der Waals surface area contributed by atoms with E-state index in [1.54, 1.807) is 0 Å². The van der Waals surface area contributed by atoms with Gasteiger partial charge in [0.15, 0.2) is 0 Å². The fraction of sp³-hybridized carbons (Fsp3) is 0.867. The predicted octanol–water partition coefficient (Wildman–Crippen LogP) is 3.92. The van der Waals surface area contributed by atoms with E-state index >= 15 is 0 Å². The summed E-state index contributed by atoms with van der Waals surface area (Å²) in [6.07, 6.45) is 7.87. The van der Waals surface area contributed by atoms with Crippen LogP contribution in [-0.2, 0) is 0 Å². The lowest BCUT2D eigenvalue weighted by Crippen LogP contribution is -2.47. The molecule has 16 heavy (non-hydrogen) atoms. The van der Waals surface area contributed by atoms with E-state index in [1.165, 1.54) is 18.4 Å². The first-order valence-corrected chi connectivity index (χ1v) is 6.77. The van der Waals surface area contributed by atoms with Crippen LogP contribution in [0, 0.1) is 17.3 Å². The maximum Gasteiger partial charge on any atom is 0.0737 e. The van der Waals surface area contributed by atoms with Crippen LogP contribution < -0.4 is 0 Å². The average Bonchev–Trinajstić information content (AvgIpc) is 2.41. The highest BCUT2D eigenvalue weighted by atomic mass is 16.3. The maximum atomic E-state index is 11.2. The first-order chi connectivity index (χ1) is 7.39. The van der Waals surface area contributed by atoms with Gasteiger partial charge in [0.1, 0.15) is 0 Å². The second-order valence-corrected chi connectivity index (χ2v) is 6.63. The summed E-state index contributed by atoms with van der Waals surface area (Å²) in [5.74, 6) is 1.10. The smallest absolute Gasteiger partial charge is 0.0737 e. The van der Waals surface area contributed by atoms with Gasteiger partial charge >= 0.3 is 0 Å². The van der Waals surface area contributed by atoms with Gasteiger partial charge in [0.2, 0.25) is 0 Å². The van der Waals surface area contributed by atoms with Crippen molar-refractivity contribution in [2.24, 2.45) is 17.3 Å². The molecule has 1 saturated carbocycles. The largest absolute Gasteiger partial charge is 0.389 e. The van der Waals surface area contributed by atoms with Crippen molar-refractivity contribution in [3.8, 4) is 0 Å². The van der Waals surface area contributed by atoms with Crippen molar-refractivity contribution in [1.29, 1.82) is 0 Å². The van der Waals surface area contributed by atoms with Crippen LogP contribution in [0.3, 0.4) is 0 Å². The van der Waals surface area contributed by atoms with Gasteiger partial charge in [0, 0.05) is 5.41 Å². The van der Waals surface area contributed by atoms with Crippen molar-refractivity contribution in [3.05, 3.63) is 11.6 Å². The summed E-state index contributed by atoms with van der Waals surface area (Å²) in [5, 5.41) is 11.2. The summed E-state index contributed by atoms with van der Waals surface area (Å²) in [4.78, 5) is 0. The van der Waals surface area contributed by atoms with E-state index in [0.29, 0.717) is 11.8 Å². The van der Waals surface area contributed by atoms with Crippen LogP contribution in [0.4, 0.5) is 0 Å². The minimum absolute atomic E-state index is 0.125. The summed E-state index contributed by atoms with van der Waals surface area (Å²) in [5.41, 5.74) is 1.17. The predicted molar refractivity (Wildman–Crippen MR) is 68.2 cm³/mol. The van der Waals surface area contributed by atoms with E-state index in [4.69, 9.17) is 0 Å². The van der Waals surface area contributed by atoms with Crippen molar-refractivity contribution in [3.63, 3.8) is 0 Å². The van der Waals surface area contributed by atoms with Crippen LogP contribution in [0.15, 0.2) is 11.6 Å².